The third-order valence-corrected chi connectivity index (χ3v) is 3.33. The van der Waals surface area contributed by atoms with Gasteiger partial charge in [0.2, 0.25) is 0 Å². The number of hydrazone groups is 1. The number of nitrogens with zero attached hydrogens (tertiary/aromatic N) is 1. The fourth-order valence-electron chi connectivity index (χ4n) is 1.34. The van der Waals surface area contributed by atoms with Crippen molar-refractivity contribution < 1.29 is 9.90 Å². The molecule has 18 heavy (non-hydrogen) atoms. The largest absolute Gasteiger partial charge is 0.508 e. The minimum absolute atomic E-state index is 0.129. The number of carbonyl (C=O) groups excluding carboxylic acids is 1. The summed E-state index contributed by atoms with van der Waals surface area (Å²) in [6, 6.07) is 7.99. The molecule has 1 heterocycles. The molecule has 1 aromatic carbocycles. The molecule has 5 heteroatoms. The van der Waals surface area contributed by atoms with E-state index in [0.29, 0.717) is 5.56 Å². The molecule has 0 radical (unpaired) electrons. The van der Waals surface area contributed by atoms with Crippen LogP contribution in [0.1, 0.15) is 20.8 Å². The second-order valence-electron chi connectivity index (χ2n) is 3.71. The number of hydrogen-bond donors (Lipinski definition) is 2. The Kier molecular flexibility index (Phi) is 3.74. The Hall–Kier alpha value is -2.14. The van der Waals surface area contributed by atoms with Gasteiger partial charge in [-0.05, 0) is 48.2 Å². The first-order valence-electron chi connectivity index (χ1n) is 5.33. The minimum Gasteiger partial charge on any atom is -0.508 e. The number of phenolic OH excluding ortho intramolecular Hbond substituents is 1. The number of hydrogen-bond acceptors (Lipinski definition) is 4. The number of amides is 1. The van der Waals surface area contributed by atoms with E-state index in [-0.39, 0.29) is 11.7 Å². The highest BCUT2D eigenvalue weighted by Crippen LogP contribution is 2.12. The summed E-state index contributed by atoms with van der Waals surface area (Å²) >= 11 is 1.57. The first-order valence-corrected chi connectivity index (χ1v) is 6.21. The number of rotatable bonds is 3. The normalized spacial score (nSPS) is 10.7. The van der Waals surface area contributed by atoms with Gasteiger partial charge in [0.1, 0.15) is 5.75 Å². The molecule has 0 saturated heterocycles. The van der Waals surface area contributed by atoms with E-state index in [1.165, 1.54) is 24.3 Å². The number of phenols is 1. The van der Waals surface area contributed by atoms with Gasteiger partial charge in [0.15, 0.2) is 0 Å². The molecule has 1 aromatic heterocycles. The zero-order chi connectivity index (χ0) is 13.0. The maximum Gasteiger partial charge on any atom is 0.271 e. The molecule has 0 aliphatic carbocycles. The molecule has 2 aromatic rings. The molecule has 1 amide bonds. The van der Waals surface area contributed by atoms with Crippen molar-refractivity contribution >= 4 is 23.5 Å². The molecule has 0 aliphatic heterocycles. The summed E-state index contributed by atoms with van der Waals surface area (Å²) in [7, 11) is 0. The van der Waals surface area contributed by atoms with Crippen LogP contribution in [0.5, 0.6) is 5.75 Å². The number of nitrogens with one attached hydrogen (secondary N) is 1. The van der Waals surface area contributed by atoms with E-state index >= 15 is 0 Å². The SMILES string of the molecule is Cc1ccsc1/C=N\NC(=O)c1ccc(O)cc1. The average Bonchev–Trinajstić information content (AvgIpc) is 2.76. The number of aromatic hydroxyl groups is 1. The molecule has 4 nitrogen and oxygen atoms in total. The Morgan fingerprint density at radius 2 is 2.06 bits per heavy atom. The van der Waals surface area contributed by atoms with E-state index in [1.807, 2.05) is 18.4 Å². The number of carbonyl (C=O) groups is 1. The van der Waals surface area contributed by atoms with Gasteiger partial charge >= 0.3 is 0 Å². The van der Waals surface area contributed by atoms with E-state index in [2.05, 4.69) is 10.5 Å². The molecule has 0 saturated carbocycles. The lowest BCUT2D eigenvalue weighted by Crippen LogP contribution is -2.17. The lowest BCUT2D eigenvalue weighted by atomic mass is 10.2. The average molecular weight is 260 g/mol. The molecule has 2 N–H and O–H groups in total. The zero-order valence-electron chi connectivity index (χ0n) is 9.75. The van der Waals surface area contributed by atoms with Crippen molar-refractivity contribution in [2.75, 3.05) is 0 Å². The van der Waals surface area contributed by atoms with E-state index in [4.69, 9.17) is 5.11 Å². The molecule has 2 rings (SSSR count). The maximum atomic E-state index is 11.7. The van der Waals surface area contributed by atoms with Crippen LogP contribution in [-0.2, 0) is 0 Å². The second-order valence-corrected chi connectivity index (χ2v) is 4.66. The van der Waals surface area contributed by atoms with E-state index < -0.39 is 0 Å². The first kappa shape index (κ1) is 12.3. The molecular weight excluding hydrogens is 248 g/mol. The van der Waals surface area contributed by atoms with Crippen molar-refractivity contribution in [2.24, 2.45) is 5.10 Å². The van der Waals surface area contributed by atoms with Crippen molar-refractivity contribution in [1.82, 2.24) is 5.43 Å². The van der Waals surface area contributed by atoms with E-state index in [1.54, 1.807) is 17.6 Å². The minimum atomic E-state index is -0.305. The van der Waals surface area contributed by atoms with Crippen molar-refractivity contribution in [3.8, 4) is 5.75 Å². The zero-order valence-corrected chi connectivity index (χ0v) is 10.6. The van der Waals surface area contributed by atoms with Crippen molar-refractivity contribution in [3.05, 3.63) is 51.7 Å². The third kappa shape index (κ3) is 2.95. The predicted octanol–water partition coefficient (Wildman–Crippen LogP) is 2.53. The van der Waals surface area contributed by atoms with Gasteiger partial charge in [-0.3, -0.25) is 4.79 Å². The quantitative estimate of drug-likeness (QED) is 0.658. The van der Waals surface area contributed by atoms with Crippen LogP contribution in [0.25, 0.3) is 0 Å². The summed E-state index contributed by atoms with van der Waals surface area (Å²) in [5, 5.41) is 15.0. The lowest BCUT2D eigenvalue weighted by Gasteiger charge is -1.99. The van der Waals surface area contributed by atoms with Crippen LogP contribution in [0.15, 0.2) is 40.8 Å². The fourth-order valence-corrected chi connectivity index (χ4v) is 2.13. The highest BCUT2D eigenvalue weighted by atomic mass is 32.1. The van der Waals surface area contributed by atoms with Gasteiger partial charge in [-0.25, -0.2) is 5.43 Å². The summed E-state index contributed by atoms with van der Waals surface area (Å²) in [6.45, 7) is 1.99. The highest BCUT2D eigenvalue weighted by Gasteiger charge is 2.03. The summed E-state index contributed by atoms with van der Waals surface area (Å²) < 4.78 is 0. The standard InChI is InChI=1S/C13H12N2O2S/c1-9-6-7-18-12(9)8-14-15-13(17)10-2-4-11(16)5-3-10/h2-8,16H,1H3,(H,15,17)/b14-8-. The Morgan fingerprint density at radius 3 is 2.67 bits per heavy atom. The van der Waals surface area contributed by atoms with Gasteiger partial charge in [-0.15, -0.1) is 11.3 Å². The van der Waals surface area contributed by atoms with E-state index in [0.717, 1.165) is 10.4 Å². The monoisotopic (exact) mass is 260 g/mol. The van der Waals surface area contributed by atoms with Gasteiger partial charge in [0.25, 0.3) is 5.91 Å². The molecule has 92 valence electrons. The van der Waals surface area contributed by atoms with Crippen LogP contribution in [0.3, 0.4) is 0 Å². The smallest absolute Gasteiger partial charge is 0.271 e. The predicted molar refractivity (Wildman–Crippen MR) is 72.2 cm³/mol. The van der Waals surface area contributed by atoms with Gasteiger partial charge in [0.05, 0.1) is 6.21 Å². The van der Waals surface area contributed by atoms with Crippen molar-refractivity contribution in [2.45, 2.75) is 6.92 Å². The Bertz CT molecular complexity index is 573. The number of thiophene rings is 1. The van der Waals surface area contributed by atoms with Gasteiger partial charge in [-0.1, -0.05) is 0 Å². The summed E-state index contributed by atoms with van der Waals surface area (Å²) in [5.74, 6) is -0.176. The van der Waals surface area contributed by atoms with Crippen molar-refractivity contribution in [1.29, 1.82) is 0 Å². The molecule has 0 spiro atoms. The topological polar surface area (TPSA) is 61.7 Å². The van der Waals surface area contributed by atoms with Crippen LogP contribution in [0, 0.1) is 6.92 Å². The number of aryl methyl sites for hydroxylation is 1. The summed E-state index contributed by atoms with van der Waals surface area (Å²) in [5.41, 5.74) is 4.02. The molecule has 0 unspecified atom stereocenters. The Labute approximate surface area is 109 Å². The van der Waals surface area contributed by atoms with Crippen molar-refractivity contribution in [3.63, 3.8) is 0 Å². The molecular formula is C13H12N2O2S. The maximum absolute atomic E-state index is 11.7. The fraction of sp³-hybridized carbons (Fsp3) is 0.0769. The van der Waals surface area contributed by atoms with Gasteiger partial charge < -0.3 is 5.11 Å². The Morgan fingerprint density at radius 1 is 1.33 bits per heavy atom. The molecule has 0 bridgehead atoms. The van der Waals surface area contributed by atoms with Crippen LogP contribution in [0.4, 0.5) is 0 Å². The Balaban J connectivity index is 1.98. The van der Waals surface area contributed by atoms with Crippen LogP contribution in [0.2, 0.25) is 0 Å². The molecule has 0 atom stereocenters. The van der Waals surface area contributed by atoms with Crippen LogP contribution in [-0.4, -0.2) is 17.2 Å². The third-order valence-electron chi connectivity index (χ3n) is 2.38. The van der Waals surface area contributed by atoms with Gasteiger partial charge in [-0.2, -0.15) is 5.10 Å². The van der Waals surface area contributed by atoms with E-state index in [9.17, 15) is 4.79 Å². The van der Waals surface area contributed by atoms with Crippen LogP contribution < -0.4 is 5.43 Å². The van der Waals surface area contributed by atoms with Crippen LogP contribution >= 0.6 is 11.3 Å². The second kappa shape index (κ2) is 5.46. The first-order chi connectivity index (χ1) is 8.66. The van der Waals surface area contributed by atoms with Gasteiger partial charge in [0, 0.05) is 10.4 Å². The summed E-state index contributed by atoms with van der Waals surface area (Å²) in [4.78, 5) is 12.7. The molecule has 0 fully saturated rings. The lowest BCUT2D eigenvalue weighted by molar-refractivity contribution is 0.0955. The number of benzene rings is 1. The highest BCUT2D eigenvalue weighted by molar-refractivity contribution is 7.11. The molecule has 0 aliphatic rings. The summed E-state index contributed by atoms with van der Waals surface area (Å²) in [6.07, 6.45) is 1.62.